The lowest BCUT2D eigenvalue weighted by atomic mass is 10.3. The van der Waals surface area contributed by atoms with Crippen molar-refractivity contribution in [1.29, 1.82) is 0 Å². The molecule has 0 amide bonds. The average molecular weight is 422 g/mol. The quantitative estimate of drug-likeness (QED) is 0.550. The van der Waals surface area contributed by atoms with Gasteiger partial charge in [0.15, 0.2) is 14.6 Å². The summed E-state index contributed by atoms with van der Waals surface area (Å²) in [5.41, 5.74) is 2.26. The molecule has 0 radical (unpaired) electrons. The van der Waals surface area contributed by atoms with Crippen LogP contribution < -0.4 is 4.80 Å². The summed E-state index contributed by atoms with van der Waals surface area (Å²) < 4.78 is 28.6. The first-order valence-corrected chi connectivity index (χ1v) is 12.0. The highest BCUT2D eigenvalue weighted by Crippen LogP contribution is 2.30. The highest BCUT2D eigenvalue weighted by Gasteiger charge is 2.28. The van der Waals surface area contributed by atoms with Gasteiger partial charge in [-0.15, -0.1) is 11.3 Å². The van der Waals surface area contributed by atoms with E-state index in [4.69, 9.17) is 0 Å². The first-order valence-electron chi connectivity index (χ1n) is 9.26. The zero-order valence-corrected chi connectivity index (χ0v) is 17.5. The predicted octanol–water partition coefficient (Wildman–Crippen LogP) is 1.62. The molecule has 0 aromatic carbocycles. The van der Waals surface area contributed by atoms with E-state index in [1.54, 1.807) is 24.1 Å². The van der Waals surface area contributed by atoms with Crippen molar-refractivity contribution < 1.29 is 8.42 Å². The van der Waals surface area contributed by atoms with Crippen molar-refractivity contribution in [1.82, 2.24) is 29.3 Å². The van der Waals surface area contributed by atoms with Gasteiger partial charge < -0.3 is 4.57 Å². The van der Waals surface area contributed by atoms with E-state index >= 15 is 0 Å². The second-order valence-electron chi connectivity index (χ2n) is 7.00. The molecule has 0 spiro atoms. The third-order valence-electron chi connectivity index (χ3n) is 4.64. The molecule has 1 aliphatic carbocycles. The standard InChI is InChI=1S/C17H23N7O2S2/c1-3-23-10-14(8-19-23)20-17-24(6-7-28(25,26)12-13-4-5-13)16(11-27-17)15-9-18-22(2)21-15/h8-11,13H,3-7,12H2,1-2H3. The van der Waals surface area contributed by atoms with Gasteiger partial charge in [-0.1, -0.05) is 0 Å². The van der Waals surface area contributed by atoms with Crippen molar-refractivity contribution in [2.24, 2.45) is 18.0 Å². The maximum Gasteiger partial charge on any atom is 0.190 e. The van der Waals surface area contributed by atoms with E-state index in [-0.39, 0.29) is 11.5 Å². The van der Waals surface area contributed by atoms with Crippen LogP contribution in [0.15, 0.2) is 29.0 Å². The number of thiazole rings is 1. The topological polar surface area (TPSA) is 100.0 Å². The lowest BCUT2D eigenvalue weighted by Gasteiger charge is -2.08. The Balaban J connectivity index is 1.68. The Morgan fingerprint density at radius 3 is 2.75 bits per heavy atom. The fraction of sp³-hybridized carbons (Fsp3) is 0.529. The van der Waals surface area contributed by atoms with Gasteiger partial charge in [0.05, 0.1) is 35.8 Å². The summed E-state index contributed by atoms with van der Waals surface area (Å²) in [5.74, 6) is 0.726. The molecule has 0 unspecified atom stereocenters. The summed E-state index contributed by atoms with van der Waals surface area (Å²) in [4.78, 5) is 6.89. The summed E-state index contributed by atoms with van der Waals surface area (Å²) in [5, 5.41) is 14.7. The number of nitrogens with zero attached hydrogens (tertiary/aromatic N) is 7. The van der Waals surface area contributed by atoms with Gasteiger partial charge >= 0.3 is 0 Å². The second-order valence-corrected chi connectivity index (χ2v) is 10.1. The number of hydrogen-bond donors (Lipinski definition) is 0. The molecule has 150 valence electrons. The maximum absolute atomic E-state index is 12.5. The highest BCUT2D eigenvalue weighted by molar-refractivity contribution is 7.91. The highest BCUT2D eigenvalue weighted by atomic mass is 32.2. The van der Waals surface area contributed by atoms with Gasteiger partial charge in [0, 0.05) is 25.5 Å². The molecule has 9 nitrogen and oxygen atoms in total. The smallest absolute Gasteiger partial charge is 0.190 e. The van der Waals surface area contributed by atoms with E-state index in [1.165, 1.54) is 16.1 Å². The zero-order chi connectivity index (χ0) is 19.7. The molecule has 1 aliphatic rings. The Morgan fingerprint density at radius 2 is 2.11 bits per heavy atom. The molecular formula is C17H23N7O2S2. The Hall–Kier alpha value is -2.27. The van der Waals surface area contributed by atoms with Crippen molar-refractivity contribution in [3.05, 3.63) is 28.8 Å². The molecular weight excluding hydrogens is 398 g/mol. The molecule has 0 aliphatic heterocycles. The van der Waals surface area contributed by atoms with Crippen LogP contribution in [0.4, 0.5) is 5.69 Å². The first kappa shape index (κ1) is 19.1. The Kier molecular flexibility index (Phi) is 5.19. The van der Waals surface area contributed by atoms with Crippen LogP contribution in [0, 0.1) is 5.92 Å². The largest absolute Gasteiger partial charge is 0.314 e. The first-order chi connectivity index (χ1) is 13.4. The van der Waals surface area contributed by atoms with Gasteiger partial charge in [0.25, 0.3) is 0 Å². The minimum atomic E-state index is -3.09. The molecule has 4 rings (SSSR count). The molecule has 3 aromatic heterocycles. The number of sulfone groups is 1. The Bertz CT molecular complexity index is 1130. The molecule has 1 fully saturated rings. The summed E-state index contributed by atoms with van der Waals surface area (Å²) in [7, 11) is -1.34. The number of aryl methyl sites for hydroxylation is 2. The second kappa shape index (κ2) is 7.63. The van der Waals surface area contributed by atoms with E-state index in [0.717, 1.165) is 35.6 Å². The van der Waals surface area contributed by atoms with Crippen LogP contribution in [0.25, 0.3) is 11.4 Å². The van der Waals surface area contributed by atoms with Crippen molar-refractivity contribution in [2.75, 3.05) is 11.5 Å². The molecule has 0 saturated heterocycles. The van der Waals surface area contributed by atoms with Crippen LogP contribution >= 0.6 is 11.3 Å². The van der Waals surface area contributed by atoms with Crippen LogP contribution in [-0.2, 0) is 30.0 Å². The predicted molar refractivity (Wildman–Crippen MR) is 107 cm³/mol. The van der Waals surface area contributed by atoms with Crippen molar-refractivity contribution in [3.8, 4) is 11.4 Å². The van der Waals surface area contributed by atoms with Crippen LogP contribution in [0.3, 0.4) is 0 Å². The summed E-state index contributed by atoms with van der Waals surface area (Å²) in [6, 6.07) is 0. The average Bonchev–Trinajstić information content (AvgIpc) is 3.05. The van der Waals surface area contributed by atoms with E-state index in [0.29, 0.717) is 18.2 Å². The fourth-order valence-corrected chi connectivity index (χ4v) is 5.57. The number of hydrogen-bond acceptors (Lipinski definition) is 7. The molecule has 1 saturated carbocycles. The normalized spacial score (nSPS) is 15.4. The van der Waals surface area contributed by atoms with E-state index in [9.17, 15) is 8.42 Å². The van der Waals surface area contributed by atoms with Crippen LogP contribution in [0.5, 0.6) is 0 Å². The Labute approximate surface area is 167 Å². The van der Waals surface area contributed by atoms with Gasteiger partial charge in [-0.25, -0.2) is 13.4 Å². The van der Waals surface area contributed by atoms with Crippen molar-refractivity contribution >= 4 is 26.9 Å². The minimum Gasteiger partial charge on any atom is -0.314 e. The maximum atomic E-state index is 12.5. The third-order valence-corrected chi connectivity index (χ3v) is 7.29. The summed E-state index contributed by atoms with van der Waals surface area (Å²) in [6.45, 7) is 3.12. The van der Waals surface area contributed by atoms with Gasteiger partial charge in [-0.3, -0.25) is 4.68 Å². The van der Waals surface area contributed by atoms with Gasteiger partial charge in [0.2, 0.25) is 0 Å². The lowest BCUT2D eigenvalue weighted by Crippen LogP contribution is -2.23. The van der Waals surface area contributed by atoms with Crippen molar-refractivity contribution in [3.63, 3.8) is 0 Å². The monoisotopic (exact) mass is 421 g/mol. The van der Waals surface area contributed by atoms with E-state index < -0.39 is 9.84 Å². The van der Waals surface area contributed by atoms with Crippen LogP contribution in [-0.4, -0.2) is 49.3 Å². The summed E-state index contributed by atoms with van der Waals surface area (Å²) in [6.07, 6.45) is 7.31. The molecule has 0 N–H and O–H groups in total. The van der Waals surface area contributed by atoms with Crippen LogP contribution in [0.1, 0.15) is 19.8 Å². The lowest BCUT2D eigenvalue weighted by molar-refractivity contribution is 0.584. The third kappa shape index (κ3) is 4.41. The van der Waals surface area contributed by atoms with E-state index in [1.807, 2.05) is 23.1 Å². The molecule has 0 atom stereocenters. The molecule has 3 heterocycles. The van der Waals surface area contributed by atoms with Gasteiger partial charge in [-0.05, 0) is 25.7 Å². The number of rotatable bonds is 8. The molecule has 0 bridgehead atoms. The number of aromatic nitrogens is 6. The minimum absolute atomic E-state index is 0.0922. The molecule has 28 heavy (non-hydrogen) atoms. The van der Waals surface area contributed by atoms with Crippen LogP contribution in [0.2, 0.25) is 0 Å². The van der Waals surface area contributed by atoms with E-state index in [2.05, 4.69) is 20.3 Å². The molecule has 3 aromatic rings. The zero-order valence-electron chi connectivity index (χ0n) is 15.9. The summed E-state index contributed by atoms with van der Waals surface area (Å²) >= 11 is 1.46. The Morgan fingerprint density at radius 1 is 1.29 bits per heavy atom. The molecule has 11 heteroatoms. The van der Waals surface area contributed by atoms with Gasteiger partial charge in [-0.2, -0.15) is 20.1 Å². The van der Waals surface area contributed by atoms with Gasteiger partial charge in [0.1, 0.15) is 11.4 Å². The fourth-order valence-electron chi connectivity index (χ4n) is 2.95. The SMILES string of the molecule is CCn1cc(N=c2scc(-c3cnn(C)n3)n2CCS(=O)(=O)CC2CC2)cn1. The van der Waals surface area contributed by atoms with Crippen molar-refractivity contribution in [2.45, 2.75) is 32.9 Å².